The molecule has 4 aromatic rings. The minimum Gasteiger partial charge on any atom is -0.493 e. The molecule has 0 aliphatic carbocycles. The Labute approximate surface area is 146 Å². The van der Waals surface area contributed by atoms with Gasteiger partial charge in [0.05, 0.1) is 25.4 Å². The van der Waals surface area contributed by atoms with Crippen LogP contribution < -0.4 is 9.47 Å². The summed E-state index contributed by atoms with van der Waals surface area (Å²) in [4.78, 5) is 3.57. The average molecular weight is 329 g/mol. The predicted octanol–water partition coefficient (Wildman–Crippen LogP) is 5.52. The Morgan fingerprint density at radius 2 is 1.24 bits per heavy atom. The van der Waals surface area contributed by atoms with E-state index in [9.17, 15) is 0 Å². The molecule has 0 fully saturated rings. The maximum absolute atomic E-state index is 5.51. The Bertz CT molecular complexity index is 1000. The molecular weight excluding hydrogens is 310 g/mol. The largest absolute Gasteiger partial charge is 0.493 e. The molecule has 1 N–H and O–H groups in total. The zero-order valence-corrected chi connectivity index (χ0v) is 14.2. The molecule has 0 amide bonds. The van der Waals surface area contributed by atoms with Crippen LogP contribution in [0.25, 0.3) is 33.3 Å². The zero-order chi connectivity index (χ0) is 17.2. The molecule has 0 bridgehead atoms. The second kappa shape index (κ2) is 6.36. The third-order valence-corrected chi connectivity index (χ3v) is 4.43. The lowest BCUT2D eigenvalue weighted by molar-refractivity contribution is 0.356. The molecule has 0 spiro atoms. The van der Waals surface area contributed by atoms with Crippen molar-refractivity contribution in [1.29, 1.82) is 0 Å². The SMILES string of the molecule is COc1cc2[nH]c(-c3ccccc3)c(-c3ccccc3)c2cc1OC. The molecule has 3 heteroatoms. The smallest absolute Gasteiger partial charge is 0.162 e. The van der Waals surface area contributed by atoms with Gasteiger partial charge in [-0.15, -0.1) is 0 Å². The van der Waals surface area contributed by atoms with Crippen LogP contribution in [0.1, 0.15) is 0 Å². The summed E-state index contributed by atoms with van der Waals surface area (Å²) in [6.07, 6.45) is 0. The first-order chi connectivity index (χ1) is 12.3. The Morgan fingerprint density at radius 3 is 1.84 bits per heavy atom. The fraction of sp³-hybridized carbons (Fsp3) is 0.0909. The van der Waals surface area contributed by atoms with Crippen molar-refractivity contribution in [3.63, 3.8) is 0 Å². The summed E-state index contributed by atoms with van der Waals surface area (Å²) < 4.78 is 11.0. The maximum Gasteiger partial charge on any atom is 0.162 e. The summed E-state index contributed by atoms with van der Waals surface area (Å²) in [6, 6.07) is 24.8. The second-order valence-corrected chi connectivity index (χ2v) is 5.86. The summed E-state index contributed by atoms with van der Waals surface area (Å²) in [6.45, 7) is 0. The molecule has 25 heavy (non-hydrogen) atoms. The maximum atomic E-state index is 5.51. The minimum atomic E-state index is 0.718. The van der Waals surface area contributed by atoms with Crippen molar-refractivity contribution in [3.05, 3.63) is 72.8 Å². The standard InChI is InChI=1S/C22H19NO2/c1-24-19-13-17-18(14-20(19)25-2)23-22(16-11-7-4-8-12-16)21(17)15-9-5-3-6-10-15/h3-14,23H,1-2H3. The summed E-state index contributed by atoms with van der Waals surface area (Å²) in [7, 11) is 3.32. The van der Waals surface area contributed by atoms with E-state index >= 15 is 0 Å². The van der Waals surface area contributed by atoms with Crippen LogP contribution in [-0.4, -0.2) is 19.2 Å². The van der Waals surface area contributed by atoms with Crippen LogP contribution in [0, 0.1) is 0 Å². The Hall–Kier alpha value is -3.20. The summed E-state index contributed by atoms with van der Waals surface area (Å²) in [5.41, 5.74) is 5.60. The van der Waals surface area contributed by atoms with Crippen molar-refractivity contribution >= 4 is 10.9 Å². The fourth-order valence-corrected chi connectivity index (χ4v) is 3.25. The average Bonchev–Trinajstić information content (AvgIpc) is 3.06. The zero-order valence-electron chi connectivity index (χ0n) is 14.2. The number of hydrogen-bond acceptors (Lipinski definition) is 2. The fourth-order valence-electron chi connectivity index (χ4n) is 3.25. The summed E-state index contributed by atoms with van der Waals surface area (Å²) in [5.74, 6) is 1.45. The molecule has 0 saturated carbocycles. The van der Waals surface area contributed by atoms with Gasteiger partial charge in [0, 0.05) is 17.0 Å². The molecule has 124 valence electrons. The van der Waals surface area contributed by atoms with Crippen molar-refractivity contribution in [2.75, 3.05) is 14.2 Å². The van der Waals surface area contributed by atoms with E-state index in [-0.39, 0.29) is 0 Å². The highest BCUT2D eigenvalue weighted by Crippen LogP contribution is 2.42. The van der Waals surface area contributed by atoms with E-state index in [0.717, 1.165) is 33.7 Å². The molecule has 0 aliphatic rings. The first-order valence-electron chi connectivity index (χ1n) is 8.20. The number of nitrogens with one attached hydrogen (secondary N) is 1. The number of fused-ring (bicyclic) bond motifs is 1. The number of methoxy groups -OCH3 is 2. The first-order valence-corrected chi connectivity index (χ1v) is 8.20. The molecule has 0 aliphatic heterocycles. The highest BCUT2D eigenvalue weighted by Gasteiger charge is 2.17. The third kappa shape index (κ3) is 2.64. The molecule has 0 radical (unpaired) electrons. The van der Waals surface area contributed by atoms with Gasteiger partial charge in [0.2, 0.25) is 0 Å². The van der Waals surface area contributed by atoms with Crippen molar-refractivity contribution < 1.29 is 9.47 Å². The summed E-state index contributed by atoms with van der Waals surface area (Å²) in [5, 5.41) is 1.11. The molecular formula is C22H19NO2. The van der Waals surface area contributed by atoms with E-state index in [0.29, 0.717) is 0 Å². The van der Waals surface area contributed by atoms with Gasteiger partial charge in [0.15, 0.2) is 11.5 Å². The van der Waals surface area contributed by atoms with Crippen LogP contribution in [0.2, 0.25) is 0 Å². The number of aromatic nitrogens is 1. The molecule has 3 aromatic carbocycles. The van der Waals surface area contributed by atoms with Crippen LogP contribution >= 0.6 is 0 Å². The van der Waals surface area contributed by atoms with Crippen molar-refractivity contribution in [2.24, 2.45) is 0 Å². The number of H-pyrrole nitrogens is 1. The Kier molecular flexibility index (Phi) is 3.90. The second-order valence-electron chi connectivity index (χ2n) is 5.86. The highest BCUT2D eigenvalue weighted by molar-refractivity contribution is 6.05. The minimum absolute atomic E-state index is 0.718. The normalized spacial score (nSPS) is 10.8. The van der Waals surface area contributed by atoms with Crippen molar-refractivity contribution in [1.82, 2.24) is 4.98 Å². The molecule has 0 atom stereocenters. The molecule has 1 heterocycles. The number of hydrogen-bond donors (Lipinski definition) is 1. The quantitative estimate of drug-likeness (QED) is 0.535. The number of rotatable bonds is 4. The monoisotopic (exact) mass is 329 g/mol. The van der Waals surface area contributed by atoms with Gasteiger partial charge >= 0.3 is 0 Å². The van der Waals surface area contributed by atoms with E-state index in [4.69, 9.17) is 9.47 Å². The van der Waals surface area contributed by atoms with Gasteiger partial charge < -0.3 is 14.5 Å². The Balaban J connectivity index is 2.07. The van der Waals surface area contributed by atoms with Gasteiger partial charge in [0.25, 0.3) is 0 Å². The van der Waals surface area contributed by atoms with Crippen LogP contribution in [0.3, 0.4) is 0 Å². The first kappa shape index (κ1) is 15.3. The van der Waals surface area contributed by atoms with Crippen LogP contribution in [-0.2, 0) is 0 Å². The highest BCUT2D eigenvalue weighted by atomic mass is 16.5. The topological polar surface area (TPSA) is 34.2 Å². The van der Waals surface area contributed by atoms with Crippen molar-refractivity contribution in [3.8, 4) is 33.9 Å². The number of ether oxygens (including phenoxy) is 2. The number of aromatic amines is 1. The van der Waals surface area contributed by atoms with E-state index in [2.05, 4.69) is 53.5 Å². The van der Waals surface area contributed by atoms with E-state index in [1.165, 1.54) is 11.1 Å². The van der Waals surface area contributed by atoms with E-state index < -0.39 is 0 Å². The van der Waals surface area contributed by atoms with Gasteiger partial charge in [-0.25, -0.2) is 0 Å². The van der Waals surface area contributed by atoms with Gasteiger partial charge in [-0.3, -0.25) is 0 Å². The number of benzene rings is 3. The molecule has 1 aromatic heterocycles. The van der Waals surface area contributed by atoms with Crippen LogP contribution in [0.15, 0.2) is 72.8 Å². The van der Waals surface area contributed by atoms with Gasteiger partial charge in [-0.2, -0.15) is 0 Å². The van der Waals surface area contributed by atoms with Gasteiger partial charge in [-0.1, -0.05) is 60.7 Å². The molecule has 0 unspecified atom stereocenters. The third-order valence-electron chi connectivity index (χ3n) is 4.43. The van der Waals surface area contributed by atoms with Crippen LogP contribution in [0.4, 0.5) is 0 Å². The van der Waals surface area contributed by atoms with Gasteiger partial charge in [-0.05, 0) is 17.2 Å². The van der Waals surface area contributed by atoms with Crippen LogP contribution in [0.5, 0.6) is 11.5 Å². The lowest BCUT2D eigenvalue weighted by Crippen LogP contribution is -1.90. The predicted molar refractivity (Wildman–Crippen MR) is 102 cm³/mol. The van der Waals surface area contributed by atoms with E-state index in [1.807, 2.05) is 24.3 Å². The molecule has 4 rings (SSSR count). The molecule has 3 nitrogen and oxygen atoms in total. The van der Waals surface area contributed by atoms with Crippen molar-refractivity contribution in [2.45, 2.75) is 0 Å². The van der Waals surface area contributed by atoms with E-state index in [1.54, 1.807) is 14.2 Å². The van der Waals surface area contributed by atoms with Gasteiger partial charge in [0.1, 0.15) is 0 Å². The molecule has 0 saturated heterocycles. The summed E-state index contributed by atoms with van der Waals surface area (Å²) >= 11 is 0. The Morgan fingerprint density at radius 1 is 0.680 bits per heavy atom. The lowest BCUT2D eigenvalue weighted by Gasteiger charge is -2.08. The lowest BCUT2D eigenvalue weighted by atomic mass is 9.98.